The maximum Gasteiger partial charge on any atom is 0.117 e. The zero-order chi connectivity index (χ0) is 10.4. The first-order valence-corrected chi connectivity index (χ1v) is 3.80. The molecule has 0 unspecified atom stereocenters. The molecule has 6 heteroatoms. The molecule has 0 fully saturated rings. The third-order valence-electron chi connectivity index (χ3n) is 1.58. The number of aliphatic hydroxyl groups excluding tert-OH is 5. The zero-order valence-electron chi connectivity index (χ0n) is 7.28. The van der Waals surface area contributed by atoms with E-state index < -0.39 is 31.0 Å². The molecule has 0 amide bonds. The smallest absolute Gasteiger partial charge is 0.117 e. The highest BCUT2D eigenvalue weighted by Crippen LogP contribution is 2.03. The fourth-order valence-corrected chi connectivity index (χ4v) is 0.779. The molecule has 0 heterocycles. The van der Waals surface area contributed by atoms with Crippen molar-refractivity contribution < 1.29 is 25.5 Å². The van der Waals surface area contributed by atoms with E-state index >= 15 is 0 Å². The molecule has 78 valence electrons. The van der Waals surface area contributed by atoms with Crippen LogP contribution in [0.5, 0.6) is 0 Å². The summed E-state index contributed by atoms with van der Waals surface area (Å²) in [6.07, 6.45) is -4.97. The van der Waals surface area contributed by atoms with Crippen LogP contribution < -0.4 is 0 Å². The van der Waals surface area contributed by atoms with Crippen LogP contribution in [0.3, 0.4) is 0 Å². The van der Waals surface area contributed by atoms with Gasteiger partial charge in [0, 0.05) is 13.3 Å². The summed E-state index contributed by atoms with van der Waals surface area (Å²) in [6.45, 7) is -0.686. The van der Waals surface area contributed by atoms with Crippen LogP contribution in [-0.4, -0.2) is 69.8 Å². The molecule has 0 radical (unpaired) electrons. The molecule has 0 spiro atoms. The summed E-state index contributed by atoms with van der Waals surface area (Å²) in [5.41, 5.74) is 0. The molecule has 0 aliphatic heterocycles. The third-order valence-corrected chi connectivity index (χ3v) is 1.58. The van der Waals surface area contributed by atoms with Gasteiger partial charge in [-0.1, -0.05) is 0 Å². The van der Waals surface area contributed by atoms with Crippen molar-refractivity contribution in [3.8, 4) is 0 Å². The Labute approximate surface area is 75.8 Å². The molecule has 0 aromatic heterocycles. The second kappa shape index (κ2) is 6.01. The minimum absolute atomic E-state index is 0.686. The van der Waals surface area contributed by atoms with Crippen LogP contribution >= 0.6 is 0 Å². The fraction of sp³-hybridized carbons (Fsp3) is 0.857. The molecule has 0 bridgehead atoms. The van der Waals surface area contributed by atoms with Crippen LogP contribution in [-0.2, 0) is 0 Å². The molecule has 0 saturated carbocycles. The van der Waals surface area contributed by atoms with Crippen LogP contribution in [0.1, 0.15) is 0 Å². The first kappa shape index (κ1) is 12.5. The van der Waals surface area contributed by atoms with Crippen molar-refractivity contribution in [1.82, 2.24) is 0 Å². The van der Waals surface area contributed by atoms with E-state index in [2.05, 4.69) is 4.99 Å². The average molecular weight is 193 g/mol. The van der Waals surface area contributed by atoms with Gasteiger partial charge >= 0.3 is 0 Å². The molecule has 0 rings (SSSR count). The molecular weight excluding hydrogens is 178 g/mol. The summed E-state index contributed by atoms with van der Waals surface area (Å²) in [5.74, 6) is 0. The molecule has 5 N–H and O–H groups in total. The number of rotatable bonds is 5. The van der Waals surface area contributed by atoms with E-state index in [-0.39, 0.29) is 0 Å². The fourth-order valence-electron chi connectivity index (χ4n) is 0.779. The van der Waals surface area contributed by atoms with Gasteiger partial charge in [-0.15, -0.1) is 0 Å². The van der Waals surface area contributed by atoms with Gasteiger partial charge in [0.15, 0.2) is 0 Å². The Morgan fingerprint density at radius 2 is 1.69 bits per heavy atom. The second-order valence-electron chi connectivity index (χ2n) is 2.63. The van der Waals surface area contributed by atoms with Gasteiger partial charge in [0.05, 0.1) is 6.61 Å². The Morgan fingerprint density at radius 1 is 1.15 bits per heavy atom. The standard InChI is InChI=1S/C7H15NO5/c1-8-2-4(10)6(12)7(13)5(11)3-9/h2,4-7,9-13H,3H2,1H3/t4-,5+,6+,7+/m0/s1. The van der Waals surface area contributed by atoms with Gasteiger partial charge in [0.2, 0.25) is 0 Å². The van der Waals surface area contributed by atoms with Crippen LogP contribution in [0.25, 0.3) is 0 Å². The summed E-state index contributed by atoms with van der Waals surface area (Å²) < 4.78 is 0. The summed E-state index contributed by atoms with van der Waals surface area (Å²) >= 11 is 0. The zero-order valence-corrected chi connectivity index (χ0v) is 7.28. The van der Waals surface area contributed by atoms with Crippen LogP contribution in [0.4, 0.5) is 0 Å². The van der Waals surface area contributed by atoms with Crippen LogP contribution in [0.2, 0.25) is 0 Å². The largest absolute Gasteiger partial charge is 0.394 e. The molecule has 0 aromatic rings. The highest BCUT2D eigenvalue weighted by atomic mass is 16.4. The Balaban J connectivity index is 4.15. The lowest BCUT2D eigenvalue weighted by Gasteiger charge is -2.23. The minimum Gasteiger partial charge on any atom is -0.394 e. The number of hydrogen-bond donors (Lipinski definition) is 5. The first-order valence-electron chi connectivity index (χ1n) is 3.80. The van der Waals surface area contributed by atoms with Gasteiger partial charge in [-0.25, -0.2) is 0 Å². The molecule has 4 atom stereocenters. The molecule has 0 aliphatic carbocycles. The van der Waals surface area contributed by atoms with Crippen molar-refractivity contribution in [3.63, 3.8) is 0 Å². The van der Waals surface area contributed by atoms with Crippen LogP contribution in [0, 0.1) is 0 Å². The summed E-state index contributed by atoms with van der Waals surface area (Å²) in [4.78, 5) is 3.43. The Morgan fingerprint density at radius 3 is 2.08 bits per heavy atom. The van der Waals surface area contributed by atoms with Gasteiger partial charge in [-0.2, -0.15) is 0 Å². The van der Waals surface area contributed by atoms with Gasteiger partial charge in [0.1, 0.15) is 24.4 Å². The lowest BCUT2D eigenvalue weighted by atomic mass is 10.0. The predicted octanol–water partition coefficient (Wildman–Crippen LogP) is -2.88. The predicted molar refractivity (Wildman–Crippen MR) is 45.5 cm³/mol. The maximum absolute atomic E-state index is 9.16. The van der Waals surface area contributed by atoms with E-state index in [0.717, 1.165) is 6.21 Å². The molecule has 0 aliphatic rings. The Bertz CT molecular complexity index is 163. The quantitative estimate of drug-likeness (QED) is 0.301. The Hall–Kier alpha value is -0.530. The molecule has 13 heavy (non-hydrogen) atoms. The minimum atomic E-state index is -1.60. The van der Waals surface area contributed by atoms with Crippen molar-refractivity contribution >= 4 is 6.21 Å². The van der Waals surface area contributed by atoms with Crippen molar-refractivity contribution in [1.29, 1.82) is 0 Å². The van der Waals surface area contributed by atoms with Crippen molar-refractivity contribution in [3.05, 3.63) is 0 Å². The van der Waals surface area contributed by atoms with E-state index in [4.69, 9.17) is 25.5 Å². The van der Waals surface area contributed by atoms with E-state index in [0.29, 0.717) is 0 Å². The third kappa shape index (κ3) is 3.79. The summed E-state index contributed by atoms with van der Waals surface area (Å²) in [7, 11) is 1.39. The monoisotopic (exact) mass is 193 g/mol. The summed E-state index contributed by atoms with van der Waals surface area (Å²) in [5, 5.41) is 44.7. The van der Waals surface area contributed by atoms with Gasteiger partial charge in [-0.3, -0.25) is 4.99 Å². The topological polar surface area (TPSA) is 114 Å². The van der Waals surface area contributed by atoms with Crippen molar-refractivity contribution in [2.75, 3.05) is 13.7 Å². The van der Waals surface area contributed by atoms with E-state index in [1.165, 1.54) is 7.05 Å². The van der Waals surface area contributed by atoms with Gasteiger partial charge in [0.25, 0.3) is 0 Å². The van der Waals surface area contributed by atoms with E-state index in [9.17, 15) is 0 Å². The second-order valence-corrected chi connectivity index (χ2v) is 2.63. The highest BCUT2D eigenvalue weighted by Gasteiger charge is 2.28. The molecular formula is C7H15NO5. The van der Waals surface area contributed by atoms with E-state index in [1.54, 1.807) is 0 Å². The molecule has 0 aromatic carbocycles. The SMILES string of the molecule is CN=C[C@H](O)[C@@H](O)[C@H](O)[C@H](O)CO. The van der Waals surface area contributed by atoms with E-state index in [1.807, 2.05) is 0 Å². The number of aliphatic hydroxyl groups is 5. The van der Waals surface area contributed by atoms with Gasteiger partial charge < -0.3 is 25.5 Å². The maximum atomic E-state index is 9.16. The van der Waals surface area contributed by atoms with Gasteiger partial charge in [-0.05, 0) is 0 Å². The Kier molecular flexibility index (Phi) is 5.76. The first-order chi connectivity index (χ1) is 6.04. The molecule has 6 nitrogen and oxygen atoms in total. The van der Waals surface area contributed by atoms with Crippen molar-refractivity contribution in [2.45, 2.75) is 24.4 Å². The highest BCUT2D eigenvalue weighted by molar-refractivity contribution is 5.63. The summed E-state index contributed by atoms with van der Waals surface area (Å²) in [6, 6.07) is 0. The number of hydrogen-bond acceptors (Lipinski definition) is 6. The average Bonchev–Trinajstić information content (AvgIpc) is 2.14. The lowest BCUT2D eigenvalue weighted by Crippen LogP contribution is -2.46. The number of aliphatic imine (C=N–C) groups is 1. The lowest BCUT2D eigenvalue weighted by molar-refractivity contribution is -0.0999. The van der Waals surface area contributed by atoms with Crippen LogP contribution in [0.15, 0.2) is 4.99 Å². The van der Waals surface area contributed by atoms with Crippen molar-refractivity contribution in [2.24, 2.45) is 4.99 Å². The molecule has 0 saturated heterocycles. The normalized spacial score (nSPS) is 21.4. The number of nitrogens with zero attached hydrogens (tertiary/aromatic N) is 1.